The Kier molecular flexibility index (Phi) is 5.47. The van der Waals surface area contributed by atoms with E-state index in [2.05, 4.69) is 5.16 Å². The third-order valence-corrected chi connectivity index (χ3v) is 4.49. The van der Waals surface area contributed by atoms with E-state index in [0.29, 0.717) is 18.1 Å². The number of carbonyl (C=O) groups excluding carboxylic acids is 1. The Morgan fingerprint density at radius 3 is 2.73 bits per heavy atom. The van der Waals surface area contributed by atoms with Crippen molar-refractivity contribution in [3.8, 4) is 0 Å². The van der Waals surface area contributed by atoms with Crippen molar-refractivity contribution in [2.75, 3.05) is 18.8 Å². The zero-order valence-corrected chi connectivity index (χ0v) is 13.7. The van der Waals surface area contributed by atoms with Gasteiger partial charge in [0.25, 0.3) is 0 Å². The summed E-state index contributed by atoms with van der Waals surface area (Å²) in [7, 11) is 0. The Morgan fingerprint density at radius 1 is 1.41 bits per heavy atom. The molecule has 8 heteroatoms. The first-order chi connectivity index (χ1) is 10.4. The van der Waals surface area contributed by atoms with Gasteiger partial charge in [-0.05, 0) is 20.8 Å². The van der Waals surface area contributed by atoms with Crippen LogP contribution >= 0.6 is 11.8 Å². The second kappa shape index (κ2) is 7.15. The predicted octanol–water partition coefficient (Wildman–Crippen LogP) is 1.23. The Bertz CT molecular complexity index is 540. The van der Waals surface area contributed by atoms with Crippen molar-refractivity contribution in [1.82, 2.24) is 10.1 Å². The molecular formula is C14H20N2O5S. The predicted molar refractivity (Wildman–Crippen MR) is 80.7 cm³/mol. The molecule has 1 aromatic heterocycles. The number of thioether (sulfide) groups is 1. The molecule has 2 heterocycles. The van der Waals surface area contributed by atoms with Crippen molar-refractivity contribution in [2.45, 2.75) is 38.7 Å². The van der Waals surface area contributed by atoms with Gasteiger partial charge in [0.2, 0.25) is 5.91 Å². The lowest BCUT2D eigenvalue weighted by Crippen LogP contribution is -2.52. The number of carboxylic acid groups (broad SMARTS) is 1. The molecule has 2 atom stereocenters. The third-order valence-electron chi connectivity index (χ3n) is 3.54. The van der Waals surface area contributed by atoms with Crippen LogP contribution in [-0.4, -0.2) is 58.1 Å². The van der Waals surface area contributed by atoms with Gasteiger partial charge < -0.3 is 19.3 Å². The molecule has 1 N–H and O–H groups in total. The second-order valence-electron chi connectivity index (χ2n) is 5.37. The molecule has 7 nitrogen and oxygen atoms in total. The molecule has 0 saturated carbocycles. The highest BCUT2D eigenvalue weighted by molar-refractivity contribution is 7.99. The maximum absolute atomic E-state index is 12.2. The minimum Gasteiger partial charge on any atom is -0.479 e. The summed E-state index contributed by atoms with van der Waals surface area (Å²) in [6.07, 6.45) is -1.22. The maximum Gasteiger partial charge on any atom is 0.334 e. The molecule has 1 aromatic rings. The number of hydrogen-bond donors (Lipinski definition) is 1. The van der Waals surface area contributed by atoms with Crippen LogP contribution in [0.4, 0.5) is 0 Å². The quantitative estimate of drug-likeness (QED) is 0.868. The summed E-state index contributed by atoms with van der Waals surface area (Å²) in [4.78, 5) is 24.8. The maximum atomic E-state index is 12.2. The van der Waals surface area contributed by atoms with Crippen molar-refractivity contribution in [2.24, 2.45) is 0 Å². The molecule has 2 rings (SSSR count). The van der Waals surface area contributed by atoms with E-state index in [1.807, 2.05) is 13.8 Å². The summed E-state index contributed by atoms with van der Waals surface area (Å²) in [5.74, 6) is 0.604. The lowest BCUT2D eigenvalue weighted by atomic mass is 10.2. The molecule has 1 aliphatic rings. The van der Waals surface area contributed by atoms with Gasteiger partial charge in [-0.3, -0.25) is 4.79 Å². The fourth-order valence-corrected chi connectivity index (χ4v) is 3.41. The number of carbonyl (C=O) groups is 2. The van der Waals surface area contributed by atoms with E-state index < -0.39 is 12.1 Å². The number of rotatable bonds is 5. The van der Waals surface area contributed by atoms with Crippen molar-refractivity contribution < 1.29 is 24.0 Å². The first-order valence-corrected chi connectivity index (χ1v) is 8.19. The van der Waals surface area contributed by atoms with Crippen molar-refractivity contribution >= 4 is 23.6 Å². The van der Waals surface area contributed by atoms with E-state index in [-0.39, 0.29) is 18.6 Å². The van der Waals surface area contributed by atoms with Crippen LogP contribution < -0.4 is 0 Å². The smallest absolute Gasteiger partial charge is 0.334 e. The average Bonchev–Trinajstić information content (AvgIpc) is 2.78. The topological polar surface area (TPSA) is 92.9 Å². The number of nitrogens with zero attached hydrogens (tertiary/aromatic N) is 2. The minimum atomic E-state index is -1.03. The van der Waals surface area contributed by atoms with Gasteiger partial charge in [0.1, 0.15) is 5.76 Å². The molecule has 0 bridgehead atoms. The summed E-state index contributed by atoms with van der Waals surface area (Å²) in [5, 5.41) is 12.9. The average molecular weight is 328 g/mol. The van der Waals surface area contributed by atoms with Crippen molar-refractivity contribution in [1.29, 1.82) is 0 Å². The number of carboxylic acids is 1. The number of aliphatic carboxylic acids is 1. The fraction of sp³-hybridized carbons (Fsp3) is 0.643. The molecular weight excluding hydrogens is 308 g/mol. The Balaban J connectivity index is 1.85. The zero-order valence-electron chi connectivity index (χ0n) is 12.9. The molecule has 1 fully saturated rings. The highest BCUT2D eigenvalue weighted by Crippen LogP contribution is 2.20. The number of ether oxygens (including phenoxy) is 1. The van der Waals surface area contributed by atoms with Gasteiger partial charge >= 0.3 is 5.97 Å². The van der Waals surface area contributed by atoms with E-state index in [4.69, 9.17) is 14.4 Å². The molecule has 1 amide bonds. The van der Waals surface area contributed by atoms with E-state index in [0.717, 1.165) is 17.0 Å². The molecule has 1 saturated heterocycles. The lowest BCUT2D eigenvalue weighted by Gasteiger charge is -2.34. The van der Waals surface area contributed by atoms with E-state index in [9.17, 15) is 9.59 Å². The van der Waals surface area contributed by atoms with Crippen LogP contribution in [0.5, 0.6) is 0 Å². The minimum absolute atomic E-state index is 0.0711. The van der Waals surface area contributed by atoms with E-state index in [1.165, 1.54) is 11.8 Å². The zero-order chi connectivity index (χ0) is 16.3. The van der Waals surface area contributed by atoms with Crippen LogP contribution in [0.3, 0.4) is 0 Å². The fourth-order valence-electron chi connectivity index (χ4n) is 2.33. The van der Waals surface area contributed by atoms with Crippen molar-refractivity contribution in [3.05, 3.63) is 17.0 Å². The molecule has 0 aromatic carbocycles. The van der Waals surface area contributed by atoms with Gasteiger partial charge in [0.15, 0.2) is 6.10 Å². The standard InChI is InChI=1S/C14H20N2O5S/c1-8-4-16(5-12(20-8)14(18)19)13(17)7-22-6-11-9(2)15-21-10(11)3/h8,12H,4-7H2,1-3H3,(H,18,19)/t8-,12?/m1/s1. The van der Waals surface area contributed by atoms with Gasteiger partial charge in [-0.1, -0.05) is 5.16 Å². The van der Waals surface area contributed by atoms with Gasteiger partial charge in [-0.15, -0.1) is 11.8 Å². The first kappa shape index (κ1) is 16.8. The monoisotopic (exact) mass is 328 g/mol. The summed E-state index contributed by atoms with van der Waals surface area (Å²) in [5.41, 5.74) is 1.85. The summed E-state index contributed by atoms with van der Waals surface area (Å²) >= 11 is 1.47. The van der Waals surface area contributed by atoms with Crippen LogP contribution in [0.2, 0.25) is 0 Å². The molecule has 0 radical (unpaired) electrons. The van der Waals surface area contributed by atoms with Crippen molar-refractivity contribution in [3.63, 3.8) is 0 Å². The molecule has 122 valence electrons. The Labute approximate surface area is 133 Å². The normalized spacial score (nSPS) is 21.9. The molecule has 0 spiro atoms. The first-order valence-electron chi connectivity index (χ1n) is 7.04. The van der Waals surface area contributed by atoms with Crippen LogP contribution in [0.15, 0.2) is 4.52 Å². The van der Waals surface area contributed by atoms with Crippen LogP contribution in [0, 0.1) is 13.8 Å². The van der Waals surface area contributed by atoms with Crippen LogP contribution in [0.1, 0.15) is 23.9 Å². The molecule has 0 aliphatic carbocycles. The van der Waals surface area contributed by atoms with Gasteiger partial charge in [-0.25, -0.2) is 4.79 Å². The number of hydrogen-bond acceptors (Lipinski definition) is 6. The highest BCUT2D eigenvalue weighted by Gasteiger charge is 2.32. The Hall–Kier alpha value is -1.54. The summed E-state index contributed by atoms with van der Waals surface area (Å²) in [6.45, 7) is 6.01. The number of aromatic nitrogens is 1. The highest BCUT2D eigenvalue weighted by atomic mass is 32.2. The third kappa shape index (κ3) is 4.01. The lowest BCUT2D eigenvalue weighted by molar-refractivity contribution is -0.165. The summed E-state index contributed by atoms with van der Waals surface area (Å²) in [6, 6.07) is 0. The number of morpholine rings is 1. The molecule has 22 heavy (non-hydrogen) atoms. The van der Waals surface area contributed by atoms with Gasteiger partial charge in [0.05, 0.1) is 24.1 Å². The summed E-state index contributed by atoms with van der Waals surface area (Å²) < 4.78 is 10.4. The van der Waals surface area contributed by atoms with Crippen LogP contribution in [0.25, 0.3) is 0 Å². The SMILES string of the molecule is Cc1noc(C)c1CSCC(=O)N1CC(C(=O)O)O[C@H](C)C1. The largest absolute Gasteiger partial charge is 0.479 e. The number of aryl methyl sites for hydroxylation is 2. The Morgan fingerprint density at radius 2 is 2.14 bits per heavy atom. The van der Waals surface area contributed by atoms with E-state index >= 15 is 0 Å². The number of amides is 1. The molecule has 1 unspecified atom stereocenters. The van der Waals surface area contributed by atoms with E-state index in [1.54, 1.807) is 11.8 Å². The molecule has 1 aliphatic heterocycles. The van der Waals surface area contributed by atoms with Gasteiger partial charge in [0, 0.05) is 17.9 Å². The second-order valence-corrected chi connectivity index (χ2v) is 6.35. The van der Waals surface area contributed by atoms with Gasteiger partial charge in [-0.2, -0.15) is 0 Å². The van der Waals surface area contributed by atoms with Crippen LogP contribution in [-0.2, 0) is 20.1 Å².